The number of amides is 2. The van der Waals surface area contributed by atoms with Crippen LogP contribution in [-0.2, 0) is 11.3 Å². The second-order valence-corrected chi connectivity index (χ2v) is 8.76. The lowest BCUT2D eigenvalue weighted by atomic mass is 10.2. The number of hydrogen-bond donors (Lipinski definition) is 2. The van der Waals surface area contributed by atoms with Crippen molar-refractivity contribution in [1.82, 2.24) is 9.88 Å². The van der Waals surface area contributed by atoms with Gasteiger partial charge >= 0.3 is 0 Å². The second kappa shape index (κ2) is 10.6. The molecule has 0 unspecified atom stereocenters. The quantitative estimate of drug-likeness (QED) is 0.322. The maximum Gasteiger partial charge on any atom is 0.251 e. The van der Waals surface area contributed by atoms with Gasteiger partial charge in [0, 0.05) is 51.4 Å². The van der Waals surface area contributed by atoms with Crippen molar-refractivity contribution in [1.29, 1.82) is 0 Å². The highest BCUT2D eigenvalue weighted by Gasteiger charge is 2.12. The lowest BCUT2D eigenvalue weighted by Gasteiger charge is -2.07. The van der Waals surface area contributed by atoms with Crippen LogP contribution in [-0.4, -0.2) is 28.7 Å². The molecule has 1 aromatic heterocycles. The van der Waals surface area contributed by atoms with Crippen molar-refractivity contribution in [3.05, 3.63) is 95.4 Å². The number of carbonyl (C=O) groups excluding carboxylic acids is 2. The van der Waals surface area contributed by atoms with Gasteiger partial charge in [-0.2, -0.15) is 0 Å². The minimum absolute atomic E-state index is 0.106. The Morgan fingerprint density at radius 1 is 0.970 bits per heavy atom. The summed E-state index contributed by atoms with van der Waals surface area (Å²) in [7, 11) is 0. The first kappa shape index (κ1) is 22.9. The Hall–Kier alpha value is -3.29. The third-order valence-corrected chi connectivity index (χ3v) is 6.28. The molecular formula is C25H21ClFN3O2S. The molecule has 4 rings (SSSR count). The summed E-state index contributed by atoms with van der Waals surface area (Å²) in [6, 6.07) is 20.4. The summed E-state index contributed by atoms with van der Waals surface area (Å²) in [4.78, 5) is 25.6. The highest BCUT2D eigenvalue weighted by atomic mass is 35.5. The van der Waals surface area contributed by atoms with E-state index in [0.717, 1.165) is 15.8 Å². The van der Waals surface area contributed by atoms with Gasteiger partial charge in [-0.3, -0.25) is 9.59 Å². The minimum atomic E-state index is -0.378. The van der Waals surface area contributed by atoms with Gasteiger partial charge in [-0.25, -0.2) is 4.39 Å². The van der Waals surface area contributed by atoms with Crippen molar-refractivity contribution in [2.45, 2.75) is 11.4 Å². The van der Waals surface area contributed by atoms with E-state index in [9.17, 15) is 14.0 Å². The number of aromatic nitrogens is 1. The van der Waals surface area contributed by atoms with E-state index < -0.39 is 0 Å². The summed E-state index contributed by atoms with van der Waals surface area (Å²) in [5.41, 5.74) is 2.13. The topological polar surface area (TPSA) is 63.1 Å². The van der Waals surface area contributed by atoms with E-state index in [2.05, 4.69) is 15.2 Å². The van der Waals surface area contributed by atoms with E-state index in [4.69, 9.17) is 11.6 Å². The van der Waals surface area contributed by atoms with Crippen LogP contribution >= 0.6 is 23.4 Å². The zero-order chi connectivity index (χ0) is 23.2. The van der Waals surface area contributed by atoms with Gasteiger partial charge in [0.15, 0.2) is 0 Å². The van der Waals surface area contributed by atoms with Crippen molar-refractivity contribution < 1.29 is 14.0 Å². The molecule has 168 valence electrons. The summed E-state index contributed by atoms with van der Waals surface area (Å²) in [5.74, 6) is -0.472. The fourth-order valence-corrected chi connectivity index (χ4v) is 4.39. The van der Waals surface area contributed by atoms with Gasteiger partial charge in [0.1, 0.15) is 5.82 Å². The van der Waals surface area contributed by atoms with Crippen LogP contribution in [0, 0.1) is 5.82 Å². The number of thioether (sulfide) groups is 1. The van der Waals surface area contributed by atoms with E-state index >= 15 is 0 Å². The van der Waals surface area contributed by atoms with Crippen LogP contribution in [0.4, 0.5) is 10.1 Å². The van der Waals surface area contributed by atoms with Crippen LogP contribution < -0.4 is 10.6 Å². The van der Waals surface area contributed by atoms with Gasteiger partial charge < -0.3 is 15.2 Å². The third-order valence-electron chi connectivity index (χ3n) is 4.98. The first-order valence-electron chi connectivity index (χ1n) is 10.3. The molecule has 0 atom stereocenters. The molecule has 0 bridgehead atoms. The molecular weight excluding hydrogens is 461 g/mol. The largest absolute Gasteiger partial charge is 0.350 e. The van der Waals surface area contributed by atoms with E-state index in [-0.39, 0.29) is 23.4 Å². The number of rotatable bonds is 8. The van der Waals surface area contributed by atoms with Crippen molar-refractivity contribution in [3.63, 3.8) is 0 Å². The molecule has 4 aromatic rings. The van der Waals surface area contributed by atoms with Crippen LogP contribution in [0.2, 0.25) is 5.02 Å². The maximum absolute atomic E-state index is 13.0. The van der Waals surface area contributed by atoms with Crippen molar-refractivity contribution in [2.75, 3.05) is 17.6 Å². The number of carbonyl (C=O) groups is 2. The Kier molecular flexibility index (Phi) is 7.32. The van der Waals surface area contributed by atoms with Gasteiger partial charge in [-0.1, -0.05) is 29.8 Å². The Morgan fingerprint density at radius 2 is 1.70 bits per heavy atom. The molecule has 1 heterocycles. The number of nitrogens with zero attached hydrogens (tertiary/aromatic N) is 1. The summed E-state index contributed by atoms with van der Waals surface area (Å²) in [6.45, 7) is 0.973. The number of para-hydroxylation sites is 1. The van der Waals surface area contributed by atoms with Crippen LogP contribution in [0.3, 0.4) is 0 Å². The van der Waals surface area contributed by atoms with Crippen molar-refractivity contribution in [3.8, 4) is 0 Å². The monoisotopic (exact) mass is 481 g/mol. The lowest BCUT2D eigenvalue weighted by molar-refractivity contribution is -0.113. The molecule has 0 aliphatic rings. The molecule has 2 amide bonds. The van der Waals surface area contributed by atoms with Crippen LogP contribution in [0.5, 0.6) is 0 Å². The summed E-state index contributed by atoms with van der Waals surface area (Å²) < 4.78 is 15.1. The number of anilines is 1. The number of hydrogen-bond acceptors (Lipinski definition) is 3. The smallest absolute Gasteiger partial charge is 0.251 e. The van der Waals surface area contributed by atoms with Crippen molar-refractivity contribution in [2.24, 2.45) is 0 Å². The fourth-order valence-electron chi connectivity index (χ4n) is 3.38. The van der Waals surface area contributed by atoms with Crippen molar-refractivity contribution >= 4 is 51.8 Å². The standard InChI is InChI=1S/C25H21ClFN3O2S/c26-18-7-11-20(12-8-18)29-24(31)16-33-23-15-30(22-4-2-1-3-21(22)23)14-13-28-25(32)17-5-9-19(27)10-6-17/h1-12,15H,13-14,16H2,(H,28,32)(H,29,31). The second-order valence-electron chi connectivity index (χ2n) is 7.31. The summed E-state index contributed by atoms with van der Waals surface area (Å²) in [5, 5.41) is 7.39. The van der Waals surface area contributed by atoms with Crippen LogP contribution in [0.25, 0.3) is 10.9 Å². The molecule has 3 aromatic carbocycles. The van der Waals surface area contributed by atoms with Gasteiger partial charge in [0.05, 0.1) is 5.75 Å². The van der Waals surface area contributed by atoms with Crippen LogP contribution in [0.1, 0.15) is 10.4 Å². The normalized spacial score (nSPS) is 10.8. The number of halogens is 2. The molecule has 0 radical (unpaired) electrons. The first-order valence-corrected chi connectivity index (χ1v) is 11.7. The molecule has 0 aliphatic carbocycles. The molecule has 0 aliphatic heterocycles. The molecule has 5 nitrogen and oxygen atoms in total. The predicted molar refractivity (Wildman–Crippen MR) is 131 cm³/mol. The van der Waals surface area contributed by atoms with E-state index in [1.807, 2.05) is 30.5 Å². The Labute approximate surface area is 199 Å². The zero-order valence-corrected chi connectivity index (χ0v) is 19.1. The Balaban J connectivity index is 1.37. The first-order chi connectivity index (χ1) is 16.0. The van der Waals surface area contributed by atoms with Gasteiger partial charge in [-0.05, 0) is 54.6 Å². The summed E-state index contributed by atoms with van der Waals surface area (Å²) >= 11 is 7.34. The molecule has 2 N–H and O–H groups in total. The highest BCUT2D eigenvalue weighted by molar-refractivity contribution is 8.00. The number of nitrogens with one attached hydrogen (secondary N) is 2. The maximum atomic E-state index is 13.0. The molecule has 0 spiro atoms. The molecule has 33 heavy (non-hydrogen) atoms. The molecule has 8 heteroatoms. The SMILES string of the molecule is O=C(CSc1cn(CCNC(=O)c2ccc(F)cc2)c2ccccc12)Nc1ccc(Cl)cc1. The zero-order valence-electron chi connectivity index (χ0n) is 17.6. The Morgan fingerprint density at radius 3 is 2.45 bits per heavy atom. The summed E-state index contributed by atoms with van der Waals surface area (Å²) in [6.07, 6.45) is 1.99. The fraction of sp³-hybridized carbons (Fsp3) is 0.120. The minimum Gasteiger partial charge on any atom is -0.350 e. The number of fused-ring (bicyclic) bond motifs is 1. The molecule has 0 saturated heterocycles. The van der Waals surface area contributed by atoms with Crippen LogP contribution in [0.15, 0.2) is 83.9 Å². The van der Waals surface area contributed by atoms with Gasteiger partial charge in [0.25, 0.3) is 5.91 Å². The Bertz CT molecular complexity index is 1270. The van der Waals surface area contributed by atoms with Gasteiger partial charge in [0.2, 0.25) is 5.91 Å². The average Bonchev–Trinajstić information content (AvgIpc) is 3.17. The number of benzene rings is 3. The van der Waals surface area contributed by atoms with E-state index in [1.165, 1.54) is 36.0 Å². The van der Waals surface area contributed by atoms with E-state index in [1.54, 1.807) is 24.3 Å². The van der Waals surface area contributed by atoms with E-state index in [0.29, 0.717) is 29.4 Å². The molecule has 0 saturated carbocycles. The average molecular weight is 482 g/mol. The van der Waals surface area contributed by atoms with Gasteiger partial charge in [-0.15, -0.1) is 11.8 Å². The highest BCUT2D eigenvalue weighted by Crippen LogP contribution is 2.30. The third kappa shape index (κ3) is 5.94. The lowest BCUT2D eigenvalue weighted by Crippen LogP contribution is -2.27. The predicted octanol–water partition coefficient (Wildman–Crippen LogP) is 5.59. The molecule has 0 fully saturated rings.